The monoisotopic (exact) mass is 239 g/mol. The fraction of sp³-hybridized carbons (Fsp3) is 0.333. The number of nitrogens with two attached hydrogens (primary N) is 1. The molecule has 0 aliphatic heterocycles. The first-order chi connectivity index (χ1) is 7.58. The fourth-order valence-electron chi connectivity index (χ4n) is 1.04. The summed E-state index contributed by atoms with van der Waals surface area (Å²) in [5, 5.41) is 11.4. The van der Waals surface area contributed by atoms with Crippen LogP contribution in [0.3, 0.4) is 0 Å². The number of aromatic nitrogens is 2. The summed E-state index contributed by atoms with van der Waals surface area (Å²) in [4.78, 5) is 18.6. The first-order valence-electron chi connectivity index (χ1n) is 4.57. The van der Waals surface area contributed by atoms with E-state index in [4.69, 9.17) is 22.6 Å². The number of amides is 1. The fourth-order valence-corrected chi connectivity index (χ4v) is 1.21. The number of carbonyl (C=O) groups is 1. The van der Waals surface area contributed by atoms with E-state index in [1.165, 1.54) is 6.20 Å². The first kappa shape index (κ1) is 12.2. The number of primary amides is 1. The van der Waals surface area contributed by atoms with Crippen molar-refractivity contribution in [2.75, 3.05) is 5.32 Å². The van der Waals surface area contributed by atoms with Crippen LogP contribution in [0.25, 0.3) is 0 Å². The van der Waals surface area contributed by atoms with E-state index in [0.717, 1.165) is 0 Å². The van der Waals surface area contributed by atoms with Gasteiger partial charge in [-0.15, -0.1) is 0 Å². The molecule has 3 N–H and O–H groups in total. The van der Waals surface area contributed by atoms with E-state index >= 15 is 0 Å². The van der Waals surface area contributed by atoms with Crippen LogP contribution in [0, 0.1) is 11.3 Å². The maximum absolute atomic E-state index is 11.0. The van der Waals surface area contributed by atoms with Crippen molar-refractivity contribution < 1.29 is 4.79 Å². The number of hydrogen-bond acceptors (Lipinski definition) is 5. The minimum absolute atomic E-state index is 0.0410. The largest absolute Gasteiger partial charge is 0.368 e. The summed E-state index contributed by atoms with van der Waals surface area (Å²) in [6.45, 7) is 1.80. The second-order valence-corrected chi connectivity index (χ2v) is 3.38. The van der Waals surface area contributed by atoms with Crippen molar-refractivity contribution in [1.82, 2.24) is 9.97 Å². The van der Waals surface area contributed by atoms with Crippen LogP contribution >= 0.6 is 11.6 Å². The number of anilines is 1. The highest BCUT2D eigenvalue weighted by atomic mass is 35.5. The number of rotatable bonds is 4. The summed E-state index contributed by atoms with van der Waals surface area (Å²) in [6, 6.07) is 1.28. The molecule has 0 aliphatic rings. The molecule has 0 aromatic carbocycles. The van der Waals surface area contributed by atoms with Gasteiger partial charge < -0.3 is 11.1 Å². The molecule has 0 aliphatic carbocycles. The molecule has 0 saturated heterocycles. The number of carbonyl (C=O) groups excluding carboxylic acids is 1. The van der Waals surface area contributed by atoms with Crippen LogP contribution in [0.2, 0.25) is 5.15 Å². The Balaban J connectivity index is 2.87. The van der Waals surface area contributed by atoms with Crippen LogP contribution in [-0.4, -0.2) is 21.9 Å². The zero-order valence-corrected chi connectivity index (χ0v) is 9.32. The Morgan fingerprint density at radius 2 is 2.50 bits per heavy atom. The molecule has 0 bridgehead atoms. The predicted octanol–water partition coefficient (Wildman–Crippen LogP) is 0.677. The van der Waals surface area contributed by atoms with Crippen LogP contribution in [0.5, 0.6) is 0 Å². The number of nitriles is 1. The topological polar surface area (TPSA) is 105 Å². The molecule has 16 heavy (non-hydrogen) atoms. The van der Waals surface area contributed by atoms with Gasteiger partial charge in [-0.2, -0.15) is 10.2 Å². The molecule has 1 heterocycles. The van der Waals surface area contributed by atoms with Gasteiger partial charge in [0.15, 0.2) is 5.15 Å². The van der Waals surface area contributed by atoms with Gasteiger partial charge in [-0.1, -0.05) is 18.5 Å². The van der Waals surface area contributed by atoms with E-state index in [9.17, 15) is 4.79 Å². The maximum Gasteiger partial charge on any atom is 0.239 e. The van der Waals surface area contributed by atoms with Crippen molar-refractivity contribution in [3.63, 3.8) is 0 Å². The molecule has 1 rings (SSSR count). The third-order valence-electron chi connectivity index (χ3n) is 1.92. The molecule has 7 heteroatoms. The van der Waals surface area contributed by atoms with Gasteiger partial charge in [-0.3, -0.25) is 4.79 Å². The summed E-state index contributed by atoms with van der Waals surface area (Å²) in [5.74, 6) is -0.318. The minimum Gasteiger partial charge on any atom is -0.368 e. The summed E-state index contributed by atoms with van der Waals surface area (Å²) >= 11 is 5.71. The second-order valence-electron chi connectivity index (χ2n) is 3.02. The Morgan fingerprint density at radius 1 is 1.81 bits per heavy atom. The Hall–Kier alpha value is -1.87. The highest BCUT2D eigenvalue weighted by Crippen LogP contribution is 2.13. The number of nitrogens with zero attached hydrogens (tertiary/aromatic N) is 3. The lowest BCUT2D eigenvalue weighted by Gasteiger charge is -2.12. The van der Waals surface area contributed by atoms with Gasteiger partial charge in [0.1, 0.15) is 17.7 Å². The average molecular weight is 240 g/mol. The van der Waals surface area contributed by atoms with Crippen molar-refractivity contribution >= 4 is 23.5 Å². The third-order valence-corrected chi connectivity index (χ3v) is 2.21. The van der Waals surface area contributed by atoms with E-state index in [1.54, 1.807) is 6.92 Å². The van der Waals surface area contributed by atoms with Crippen LogP contribution in [0.15, 0.2) is 6.20 Å². The van der Waals surface area contributed by atoms with E-state index in [-0.39, 0.29) is 16.7 Å². The molecule has 1 atom stereocenters. The van der Waals surface area contributed by atoms with Crippen LogP contribution in [0.4, 0.5) is 5.95 Å². The zero-order valence-electron chi connectivity index (χ0n) is 8.57. The summed E-state index contributed by atoms with van der Waals surface area (Å²) in [7, 11) is 0. The Labute approximate surface area is 97.4 Å². The van der Waals surface area contributed by atoms with Gasteiger partial charge in [-0.25, -0.2) is 4.98 Å². The van der Waals surface area contributed by atoms with Gasteiger partial charge in [0.25, 0.3) is 0 Å². The Kier molecular flexibility index (Phi) is 4.03. The summed E-state index contributed by atoms with van der Waals surface area (Å²) in [6.07, 6.45) is 1.79. The zero-order chi connectivity index (χ0) is 12.1. The summed E-state index contributed by atoms with van der Waals surface area (Å²) < 4.78 is 0. The van der Waals surface area contributed by atoms with E-state index < -0.39 is 11.9 Å². The molecule has 0 saturated carbocycles. The van der Waals surface area contributed by atoms with Gasteiger partial charge in [0, 0.05) is 0 Å². The van der Waals surface area contributed by atoms with Crippen molar-refractivity contribution in [2.45, 2.75) is 19.4 Å². The van der Waals surface area contributed by atoms with Crippen molar-refractivity contribution in [3.05, 3.63) is 16.9 Å². The van der Waals surface area contributed by atoms with E-state index in [2.05, 4.69) is 15.3 Å². The molecule has 0 spiro atoms. The standard InChI is InChI=1S/C9H10ClN5O/c1-2-6(8(12)16)14-9-13-4-5(3-11)7(10)15-9/h4,6H,2H2,1H3,(H2,12,16)(H,13,14,15)/t6-/m1/s1. The molecule has 84 valence electrons. The van der Waals surface area contributed by atoms with Gasteiger partial charge >= 0.3 is 0 Å². The highest BCUT2D eigenvalue weighted by molar-refractivity contribution is 6.30. The lowest BCUT2D eigenvalue weighted by molar-refractivity contribution is -0.118. The first-order valence-corrected chi connectivity index (χ1v) is 4.94. The van der Waals surface area contributed by atoms with E-state index in [1.807, 2.05) is 6.07 Å². The van der Waals surface area contributed by atoms with Crippen molar-refractivity contribution in [2.24, 2.45) is 5.73 Å². The molecule has 0 radical (unpaired) electrons. The molecule has 1 amide bonds. The van der Waals surface area contributed by atoms with Crippen LogP contribution < -0.4 is 11.1 Å². The molecule has 6 nitrogen and oxygen atoms in total. The molecule has 1 aromatic rings. The SMILES string of the molecule is CC[C@@H](Nc1ncc(C#N)c(Cl)n1)C(N)=O. The lowest BCUT2D eigenvalue weighted by atomic mass is 10.2. The lowest BCUT2D eigenvalue weighted by Crippen LogP contribution is -2.35. The number of hydrogen-bond donors (Lipinski definition) is 2. The third kappa shape index (κ3) is 2.81. The van der Waals surface area contributed by atoms with Crippen LogP contribution in [-0.2, 0) is 4.79 Å². The molecular weight excluding hydrogens is 230 g/mol. The quantitative estimate of drug-likeness (QED) is 0.752. The van der Waals surface area contributed by atoms with Crippen molar-refractivity contribution in [3.8, 4) is 6.07 Å². The minimum atomic E-state index is -0.552. The molecule has 0 unspecified atom stereocenters. The average Bonchev–Trinajstić information content (AvgIpc) is 2.25. The molecule has 1 aromatic heterocycles. The van der Waals surface area contributed by atoms with E-state index in [0.29, 0.717) is 6.42 Å². The Bertz CT molecular complexity index is 442. The van der Waals surface area contributed by atoms with Gasteiger partial charge in [0.05, 0.1) is 6.20 Å². The normalized spacial score (nSPS) is 11.6. The second kappa shape index (κ2) is 5.28. The highest BCUT2D eigenvalue weighted by Gasteiger charge is 2.14. The molecular formula is C9H10ClN5O. The summed E-state index contributed by atoms with van der Waals surface area (Å²) in [5.41, 5.74) is 5.33. The predicted molar refractivity (Wildman–Crippen MR) is 58.7 cm³/mol. The molecule has 0 fully saturated rings. The Morgan fingerprint density at radius 3 is 2.94 bits per heavy atom. The van der Waals surface area contributed by atoms with Crippen LogP contribution in [0.1, 0.15) is 18.9 Å². The van der Waals surface area contributed by atoms with Gasteiger partial charge in [0.2, 0.25) is 11.9 Å². The van der Waals surface area contributed by atoms with Crippen molar-refractivity contribution in [1.29, 1.82) is 5.26 Å². The van der Waals surface area contributed by atoms with Gasteiger partial charge in [-0.05, 0) is 6.42 Å². The smallest absolute Gasteiger partial charge is 0.239 e. The maximum atomic E-state index is 11.0. The number of halogens is 1. The number of nitrogens with one attached hydrogen (secondary N) is 1.